The lowest BCUT2D eigenvalue weighted by Crippen LogP contribution is -2.16. The molecule has 0 atom stereocenters. The van der Waals surface area contributed by atoms with Gasteiger partial charge in [-0.05, 0) is 24.6 Å². The van der Waals surface area contributed by atoms with Crippen molar-refractivity contribution in [1.82, 2.24) is 5.32 Å². The first-order valence-electron chi connectivity index (χ1n) is 5.27. The fraction of sp³-hybridized carbons (Fsp3) is 0.250. The third-order valence-electron chi connectivity index (χ3n) is 2.30. The molecule has 0 aliphatic heterocycles. The van der Waals surface area contributed by atoms with E-state index in [9.17, 15) is 0 Å². The molecule has 4 N–H and O–H groups in total. The maximum atomic E-state index is 8.55. The first-order chi connectivity index (χ1) is 8.19. The van der Waals surface area contributed by atoms with E-state index in [1.807, 2.05) is 12.1 Å². The van der Waals surface area contributed by atoms with Gasteiger partial charge in [-0.1, -0.05) is 35.0 Å². The van der Waals surface area contributed by atoms with Crippen molar-refractivity contribution in [3.8, 4) is 0 Å². The topological polar surface area (TPSA) is 70.6 Å². The lowest BCUT2D eigenvalue weighted by Gasteiger charge is -2.07. The molecule has 1 aromatic rings. The Labute approximate surface area is 106 Å². The van der Waals surface area contributed by atoms with Gasteiger partial charge in [0.25, 0.3) is 0 Å². The fourth-order valence-electron chi connectivity index (χ4n) is 1.33. The number of amidine groups is 1. The summed E-state index contributed by atoms with van der Waals surface area (Å²) in [6.07, 6.45) is 2.77. The molecule has 0 saturated heterocycles. The van der Waals surface area contributed by atoms with Crippen LogP contribution in [-0.2, 0) is 6.54 Å². The number of hydrogen-bond acceptors (Lipinski definition) is 3. The summed E-state index contributed by atoms with van der Waals surface area (Å²) in [5.41, 5.74) is 7.05. The highest BCUT2D eigenvalue weighted by Gasteiger charge is 2.04. The van der Waals surface area contributed by atoms with E-state index >= 15 is 0 Å². The Bertz CT molecular complexity index is 418. The number of nitrogens with zero attached hydrogens (tertiary/aromatic N) is 1. The summed E-state index contributed by atoms with van der Waals surface area (Å²) in [5, 5.41) is 15.3. The van der Waals surface area contributed by atoms with E-state index < -0.39 is 0 Å². The zero-order chi connectivity index (χ0) is 12.7. The van der Waals surface area contributed by atoms with Gasteiger partial charge in [-0.3, -0.25) is 0 Å². The van der Waals surface area contributed by atoms with Crippen LogP contribution in [0.5, 0.6) is 0 Å². The highest BCUT2D eigenvalue weighted by Crippen LogP contribution is 2.17. The van der Waals surface area contributed by atoms with Crippen LogP contribution in [0, 0.1) is 0 Å². The minimum atomic E-state index is 0.0538. The Kier molecular flexibility index (Phi) is 5.52. The Morgan fingerprint density at radius 2 is 2.35 bits per heavy atom. The third-order valence-corrected chi connectivity index (χ3v) is 2.65. The number of rotatable bonds is 6. The minimum Gasteiger partial charge on any atom is -0.409 e. The van der Waals surface area contributed by atoms with E-state index in [2.05, 4.69) is 17.1 Å². The van der Waals surface area contributed by atoms with Crippen LogP contribution in [0.1, 0.15) is 17.5 Å². The number of nitrogens with two attached hydrogens (primary N) is 1. The first-order valence-corrected chi connectivity index (χ1v) is 5.64. The van der Waals surface area contributed by atoms with Crippen molar-refractivity contribution in [3.05, 3.63) is 47.0 Å². The van der Waals surface area contributed by atoms with Crippen LogP contribution in [0.25, 0.3) is 0 Å². The van der Waals surface area contributed by atoms with Gasteiger partial charge < -0.3 is 16.3 Å². The maximum Gasteiger partial charge on any atom is 0.170 e. The molecule has 0 aliphatic carbocycles. The van der Waals surface area contributed by atoms with Crippen molar-refractivity contribution in [2.24, 2.45) is 10.9 Å². The molecule has 92 valence electrons. The number of nitrogens with one attached hydrogen (secondary N) is 1. The minimum absolute atomic E-state index is 0.0538. The summed E-state index contributed by atoms with van der Waals surface area (Å²) >= 11 is 6.09. The maximum absolute atomic E-state index is 8.55. The predicted molar refractivity (Wildman–Crippen MR) is 70.5 cm³/mol. The van der Waals surface area contributed by atoms with E-state index in [0.717, 1.165) is 18.5 Å². The van der Waals surface area contributed by atoms with Crippen molar-refractivity contribution in [3.63, 3.8) is 0 Å². The molecule has 5 heteroatoms. The van der Waals surface area contributed by atoms with E-state index in [4.69, 9.17) is 22.5 Å². The van der Waals surface area contributed by atoms with Crippen LogP contribution in [0.4, 0.5) is 0 Å². The van der Waals surface area contributed by atoms with Crippen LogP contribution >= 0.6 is 11.6 Å². The smallest absolute Gasteiger partial charge is 0.170 e. The van der Waals surface area contributed by atoms with Crippen molar-refractivity contribution < 1.29 is 5.21 Å². The molecule has 1 aromatic carbocycles. The second-order valence-electron chi connectivity index (χ2n) is 3.55. The van der Waals surface area contributed by atoms with Gasteiger partial charge in [-0.15, -0.1) is 6.58 Å². The Morgan fingerprint density at radius 1 is 1.59 bits per heavy atom. The standard InChI is InChI=1S/C12H16ClN3O/c1-2-3-6-15-8-10-5-4-9(7-11(10)13)12(14)16-17/h2,4-5,7,15,17H,1,3,6,8H2,(H2,14,16). The number of hydrogen-bond donors (Lipinski definition) is 3. The van der Waals surface area contributed by atoms with Crippen molar-refractivity contribution >= 4 is 17.4 Å². The summed E-state index contributed by atoms with van der Waals surface area (Å²) in [5.74, 6) is 0.0538. The van der Waals surface area contributed by atoms with Gasteiger partial charge in [0.05, 0.1) is 0 Å². The highest BCUT2D eigenvalue weighted by molar-refractivity contribution is 6.31. The Hall–Kier alpha value is -1.52. The predicted octanol–water partition coefficient (Wildman–Crippen LogP) is 2.10. The third kappa shape index (κ3) is 4.09. The quantitative estimate of drug-likeness (QED) is 0.182. The SMILES string of the molecule is C=CCCNCc1ccc(/C(N)=N\O)cc1Cl. The van der Waals surface area contributed by atoms with Crippen molar-refractivity contribution in [2.75, 3.05) is 6.54 Å². The summed E-state index contributed by atoms with van der Waals surface area (Å²) < 4.78 is 0. The van der Waals surface area contributed by atoms with Crippen LogP contribution in [0.15, 0.2) is 36.0 Å². The van der Waals surface area contributed by atoms with Gasteiger partial charge in [0.15, 0.2) is 5.84 Å². The van der Waals surface area contributed by atoms with Crippen molar-refractivity contribution in [1.29, 1.82) is 0 Å². The molecule has 1 rings (SSSR count). The number of halogens is 1. The molecule has 0 unspecified atom stereocenters. The van der Waals surface area contributed by atoms with Crippen molar-refractivity contribution in [2.45, 2.75) is 13.0 Å². The van der Waals surface area contributed by atoms with Gasteiger partial charge in [0.2, 0.25) is 0 Å². The van der Waals surface area contributed by atoms with Crippen LogP contribution < -0.4 is 11.1 Å². The van der Waals surface area contributed by atoms with Crippen LogP contribution in [0.3, 0.4) is 0 Å². The fourth-order valence-corrected chi connectivity index (χ4v) is 1.58. The second-order valence-corrected chi connectivity index (χ2v) is 3.95. The molecular weight excluding hydrogens is 238 g/mol. The van der Waals surface area contributed by atoms with Crippen LogP contribution in [0.2, 0.25) is 5.02 Å². The molecule has 0 fully saturated rings. The molecule has 0 heterocycles. The summed E-state index contributed by atoms with van der Waals surface area (Å²) in [6.45, 7) is 5.19. The monoisotopic (exact) mass is 253 g/mol. The molecule has 0 saturated carbocycles. The molecule has 17 heavy (non-hydrogen) atoms. The largest absolute Gasteiger partial charge is 0.409 e. The Morgan fingerprint density at radius 3 is 2.94 bits per heavy atom. The van der Waals surface area contributed by atoms with Gasteiger partial charge in [0, 0.05) is 17.1 Å². The van der Waals surface area contributed by atoms with Gasteiger partial charge in [0.1, 0.15) is 0 Å². The second kappa shape index (κ2) is 6.93. The molecule has 0 spiro atoms. The van der Waals surface area contributed by atoms with Gasteiger partial charge in [-0.2, -0.15) is 0 Å². The van der Waals surface area contributed by atoms with Crippen LogP contribution in [-0.4, -0.2) is 17.6 Å². The highest BCUT2D eigenvalue weighted by atomic mass is 35.5. The summed E-state index contributed by atoms with van der Waals surface area (Å²) in [6, 6.07) is 5.31. The molecule has 0 bridgehead atoms. The normalized spacial score (nSPS) is 11.5. The van der Waals surface area contributed by atoms with E-state index in [-0.39, 0.29) is 5.84 Å². The van der Waals surface area contributed by atoms with E-state index in [0.29, 0.717) is 17.1 Å². The molecular formula is C12H16ClN3O. The Balaban J connectivity index is 2.66. The zero-order valence-electron chi connectivity index (χ0n) is 9.49. The molecule has 0 aromatic heterocycles. The van der Waals surface area contributed by atoms with E-state index in [1.165, 1.54) is 0 Å². The number of oxime groups is 1. The van der Waals surface area contributed by atoms with Gasteiger partial charge in [-0.25, -0.2) is 0 Å². The molecule has 0 aliphatic rings. The number of benzene rings is 1. The zero-order valence-corrected chi connectivity index (χ0v) is 10.2. The lowest BCUT2D eigenvalue weighted by atomic mass is 10.1. The molecule has 0 radical (unpaired) electrons. The average molecular weight is 254 g/mol. The summed E-state index contributed by atoms with van der Waals surface area (Å²) in [4.78, 5) is 0. The molecule has 4 nitrogen and oxygen atoms in total. The molecule has 0 amide bonds. The first kappa shape index (κ1) is 13.5. The average Bonchev–Trinajstić information content (AvgIpc) is 2.35. The lowest BCUT2D eigenvalue weighted by molar-refractivity contribution is 0.318. The van der Waals surface area contributed by atoms with Gasteiger partial charge >= 0.3 is 0 Å². The van der Waals surface area contributed by atoms with E-state index in [1.54, 1.807) is 12.1 Å². The summed E-state index contributed by atoms with van der Waals surface area (Å²) in [7, 11) is 0.